The minimum atomic E-state index is -0.236. The third-order valence-electron chi connectivity index (χ3n) is 2.94. The molecule has 0 saturated carbocycles. The SMILES string of the molecule is C=CCNC(=O)C(c1cc(Br)cs1)N1CCOCC1. The van der Waals surface area contributed by atoms with Crippen molar-refractivity contribution < 1.29 is 9.53 Å². The average Bonchev–Trinajstić information content (AvgIpc) is 2.84. The molecule has 4 nitrogen and oxygen atoms in total. The van der Waals surface area contributed by atoms with Crippen LogP contribution in [0.5, 0.6) is 0 Å². The van der Waals surface area contributed by atoms with Crippen LogP contribution in [-0.2, 0) is 9.53 Å². The molecule has 1 atom stereocenters. The third-order valence-corrected chi connectivity index (χ3v) is 4.68. The zero-order valence-corrected chi connectivity index (χ0v) is 13.0. The van der Waals surface area contributed by atoms with Gasteiger partial charge in [0, 0.05) is 34.4 Å². The number of nitrogens with zero attached hydrogens (tertiary/aromatic N) is 1. The van der Waals surface area contributed by atoms with Crippen molar-refractivity contribution in [2.45, 2.75) is 6.04 Å². The fourth-order valence-corrected chi connectivity index (χ4v) is 3.63. The number of amides is 1. The molecular weight excluding hydrogens is 328 g/mol. The van der Waals surface area contributed by atoms with Gasteiger partial charge in [0.1, 0.15) is 6.04 Å². The van der Waals surface area contributed by atoms with Gasteiger partial charge in [-0.2, -0.15) is 0 Å². The minimum Gasteiger partial charge on any atom is -0.379 e. The second-order valence-electron chi connectivity index (χ2n) is 4.25. The molecule has 1 unspecified atom stereocenters. The van der Waals surface area contributed by atoms with Crippen LogP contribution in [0.3, 0.4) is 0 Å². The van der Waals surface area contributed by atoms with Gasteiger partial charge in [0.25, 0.3) is 0 Å². The molecule has 1 amide bonds. The summed E-state index contributed by atoms with van der Waals surface area (Å²) in [5.74, 6) is 0.0242. The highest BCUT2D eigenvalue weighted by atomic mass is 79.9. The third kappa shape index (κ3) is 3.89. The quantitative estimate of drug-likeness (QED) is 0.832. The molecule has 2 heterocycles. The Kier molecular flexibility index (Phi) is 5.57. The summed E-state index contributed by atoms with van der Waals surface area (Å²) in [7, 11) is 0. The van der Waals surface area contributed by atoms with E-state index in [-0.39, 0.29) is 11.9 Å². The normalized spacial score (nSPS) is 17.9. The topological polar surface area (TPSA) is 41.6 Å². The number of thiophene rings is 1. The highest BCUT2D eigenvalue weighted by Crippen LogP contribution is 2.30. The maximum absolute atomic E-state index is 12.4. The van der Waals surface area contributed by atoms with Crippen molar-refractivity contribution in [1.29, 1.82) is 0 Å². The summed E-state index contributed by atoms with van der Waals surface area (Å²) in [6.07, 6.45) is 1.69. The van der Waals surface area contributed by atoms with Gasteiger partial charge >= 0.3 is 0 Å². The van der Waals surface area contributed by atoms with E-state index in [1.54, 1.807) is 17.4 Å². The largest absolute Gasteiger partial charge is 0.379 e. The van der Waals surface area contributed by atoms with E-state index in [1.165, 1.54) is 0 Å². The number of rotatable bonds is 5. The van der Waals surface area contributed by atoms with Gasteiger partial charge in [0.2, 0.25) is 5.91 Å². The van der Waals surface area contributed by atoms with Gasteiger partial charge < -0.3 is 10.1 Å². The Bertz CT molecular complexity index is 444. The molecule has 0 aliphatic carbocycles. The second-order valence-corrected chi connectivity index (χ2v) is 6.11. The van der Waals surface area contributed by atoms with E-state index in [4.69, 9.17) is 4.74 Å². The molecule has 0 bridgehead atoms. The lowest BCUT2D eigenvalue weighted by Crippen LogP contribution is -2.45. The summed E-state index contributed by atoms with van der Waals surface area (Å²) in [6, 6.07) is 1.78. The predicted octanol–water partition coefficient (Wildman–Crippen LogP) is 2.19. The lowest BCUT2D eigenvalue weighted by atomic mass is 10.1. The Morgan fingerprint density at radius 2 is 2.37 bits per heavy atom. The van der Waals surface area contributed by atoms with E-state index >= 15 is 0 Å². The number of halogens is 1. The van der Waals surface area contributed by atoms with Gasteiger partial charge in [-0.3, -0.25) is 9.69 Å². The predicted molar refractivity (Wildman–Crippen MR) is 80.4 cm³/mol. The van der Waals surface area contributed by atoms with Crippen molar-refractivity contribution in [2.24, 2.45) is 0 Å². The van der Waals surface area contributed by atoms with Crippen molar-refractivity contribution in [3.8, 4) is 0 Å². The molecule has 6 heteroatoms. The van der Waals surface area contributed by atoms with E-state index in [0.717, 1.165) is 22.4 Å². The van der Waals surface area contributed by atoms with Crippen LogP contribution in [0.2, 0.25) is 0 Å². The number of morpholine rings is 1. The first-order valence-electron chi connectivity index (χ1n) is 6.16. The molecule has 1 aromatic heterocycles. The molecule has 1 fully saturated rings. The van der Waals surface area contributed by atoms with Gasteiger partial charge in [0.15, 0.2) is 0 Å². The fourth-order valence-electron chi connectivity index (χ4n) is 2.05. The Labute approximate surface area is 125 Å². The van der Waals surface area contributed by atoms with Crippen molar-refractivity contribution >= 4 is 33.2 Å². The minimum absolute atomic E-state index is 0.0242. The molecule has 0 spiro atoms. The zero-order valence-electron chi connectivity index (χ0n) is 10.6. The maximum Gasteiger partial charge on any atom is 0.243 e. The Hall–Kier alpha value is -0.690. The van der Waals surface area contributed by atoms with Crippen molar-refractivity contribution in [3.63, 3.8) is 0 Å². The summed E-state index contributed by atoms with van der Waals surface area (Å²) in [5.41, 5.74) is 0. The van der Waals surface area contributed by atoms with Crippen LogP contribution in [0.1, 0.15) is 10.9 Å². The number of carbonyl (C=O) groups is 1. The standard InChI is InChI=1S/C13H17BrN2O2S/c1-2-3-15-13(17)12(11-8-10(14)9-19-11)16-4-6-18-7-5-16/h2,8-9,12H,1,3-7H2,(H,15,17). The second kappa shape index (κ2) is 7.19. The van der Waals surface area contributed by atoms with E-state index in [9.17, 15) is 4.79 Å². The first kappa shape index (κ1) is 14.7. The van der Waals surface area contributed by atoms with Gasteiger partial charge in [-0.15, -0.1) is 17.9 Å². The van der Waals surface area contributed by atoms with Crippen molar-refractivity contribution in [2.75, 3.05) is 32.8 Å². The summed E-state index contributed by atoms with van der Waals surface area (Å²) in [5, 5.41) is 4.89. The molecule has 1 saturated heterocycles. The first-order valence-corrected chi connectivity index (χ1v) is 7.84. The summed E-state index contributed by atoms with van der Waals surface area (Å²) >= 11 is 5.04. The monoisotopic (exact) mass is 344 g/mol. The molecule has 1 aromatic rings. The lowest BCUT2D eigenvalue weighted by Gasteiger charge is -2.32. The number of hydrogen-bond acceptors (Lipinski definition) is 4. The smallest absolute Gasteiger partial charge is 0.243 e. The Balaban J connectivity index is 2.16. The maximum atomic E-state index is 12.4. The summed E-state index contributed by atoms with van der Waals surface area (Å²) in [4.78, 5) is 15.6. The molecule has 0 radical (unpaired) electrons. The van der Waals surface area contributed by atoms with Crippen LogP contribution in [0.25, 0.3) is 0 Å². The number of hydrogen-bond donors (Lipinski definition) is 1. The number of ether oxygens (including phenoxy) is 1. The highest BCUT2D eigenvalue weighted by molar-refractivity contribution is 9.10. The molecular formula is C13H17BrN2O2S. The summed E-state index contributed by atoms with van der Waals surface area (Å²) in [6.45, 7) is 7.04. The van der Waals surface area contributed by atoms with Gasteiger partial charge in [-0.05, 0) is 22.0 Å². The Morgan fingerprint density at radius 3 is 2.95 bits per heavy atom. The van der Waals surface area contributed by atoms with Crippen LogP contribution in [0.4, 0.5) is 0 Å². The van der Waals surface area contributed by atoms with Crippen LogP contribution < -0.4 is 5.32 Å². The Morgan fingerprint density at radius 1 is 1.63 bits per heavy atom. The molecule has 104 valence electrons. The van der Waals surface area contributed by atoms with Crippen LogP contribution in [0.15, 0.2) is 28.6 Å². The van der Waals surface area contributed by atoms with Crippen LogP contribution in [-0.4, -0.2) is 43.7 Å². The molecule has 19 heavy (non-hydrogen) atoms. The fraction of sp³-hybridized carbons (Fsp3) is 0.462. The molecule has 1 aliphatic heterocycles. The van der Waals surface area contributed by atoms with Gasteiger partial charge in [-0.25, -0.2) is 0 Å². The van der Waals surface area contributed by atoms with Crippen molar-refractivity contribution in [3.05, 3.63) is 33.5 Å². The van der Waals surface area contributed by atoms with Crippen LogP contribution >= 0.6 is 27.3 Å². The molecule has 1 N–H and O–H groups in total. The molecule has 1 aliphatic rings. The first-order chi connectivity index (χ1) is 9.22. The number of nitrogens with one attached hydrogen (secondary N) is 1. The van der Waals surface area contributed by atoms with E-state index in [1.807, 2.05) is 11.4 Å². The van der Waals surface area contributed by atoms with E-state index in [2.05, 4.69) is 32.7 Å². The van der Waals surface area contributed by atoms with E-state index in [0.29, 0.717) is 19.8 Å². The number of carbonyl (C=O) groups excluding carboxylic acids is 1. The van der Waals surface area contributed by atoms with Gasteiger partial charge in [-0.1, -0.05) is 6.08 Å². The summed E-state index contributed by atoms with van der Waals surface area (Å²) < 4.78 is 6.37. The zero-order chi connectivity index (χ0) is 13.7. The van der Waals surface area contributed by atoms with E-state index < -0.39 is 0 Å². The lowest BCUT2D eigenvalue weighted by molar-refractivity contribution is -0.128. The highest BCUT2D eigenvalue weighted by Gasteiger charge is 2.29. The molecule has 2 rings (SSSR count). The van der Waals surface area contributed by atoms with Crippen LogP contribution in [0, 0.1) is 0 Å². The van der Waals surface area contributed by atoms with Crippen molar-refractivity contribution in [1.82, 2.24) is 10.2 Å². The average molecular weight is 345 g/mol. The van der Waals surface area contributed by atoms with Gasteiger partial charge in [0.05, 0.1) is 13.2 Å². The molecule has 0 aromatic carbocycles.